The lowest BCUT2D eigenvalue weighted by Gasteiger charge is -2.16. The molecule has 0 aromatic heterocycles. The molecule has 0 N–H and O–H groups in total. The van der Waals surface area contributed by atoms with Crippen molar-refractivity contribution in [1.82, 2.24) is 0 Å². The van der Waals surface area contributed by atoms with E-state index in [1.807, 2.05) is 24.3 Å². The molecule has 0 fully saturated rings. The van der Waals surface area contributed by atoms with E-state index in [4.69, 9.17) is 14.2 Å². The van der Waals surface area contributed by atoms with Gasteiger partial charge in [-0.1, -0.05) is 12.1 Å². The van der Waals surface area contributed by atoms with Crippen LogP contribution in [0, 0.1) is 5.92 Å². The zero-order chi connectivity index (χ0) is 11.5. The van der Waals surface area contributed by atoms with Gasteiger partial charge in [0.15, 0.2) is 11.5 Å². The quantitative estimate of drug-likeness (QED) is 0.733. The standard InChI is InChI=1S/C12H14O4/c1-3-14-11(13)8(2)12-15-9-6-4-5-7-10(9)16-12/h4-8,12H,3H2,1-2H3. The summed E-state index contributed by atoms with van der Waals surface area (Å²) in [4.78, 5) is 11.5. The Balaban J connectivity index is 2.03. The van der Waals surface area contributed by atoms with Crippen molar-refractivity contribution >= 4 is 5.97 Å². The van der Waals surface area contributed by atoms with Crippen molar-refractivity contribution in [2.24, 2.45) is 5.92 Å². The second kappa shape index (κ2) is 4.43. The van der Waals surface area contributed by atoms with Gasteiger partial charge in [-0.15, -0.1) is 0 Å². The molecule has 1 heterocycles. The van der Waals surface area contributed by atoms with Gasteiger partial charge in [-0.05, 0) is 26.0 Å². The molecule has 0 radical (unpaired) electrons. The Morgan fingerprint density at radius 2 is 1.94 bits per heavy atom. The zero-order valence-electron chi connectivity index (χ0n) is 9.30. The Bertz CT molecular complexity index is 363. The van der Waals surface area contributed by atoms with Crippen LogP contribution in [0.1, 0.15) is 13.8 Å². The van der Waals surface area contributed by atoms with E-state index in [9.17, 15) is 4.79 Å². The Morgan fingerprint density at radius 1 is 1.38 bits per heavy atom. The van der Waals surface area contributed by atoms with Crippen LogP contribution in [0.3, 0.4) is 0 Å². The minimum absolute atomic E-state index is 0.305. The number of benzene rings is 1. The molecule has 4 nitrogen and oxygen atoms in total. The Kier molecular flexibility index (Phi) is 2.99. The van der Waals surface area contributed by atoms with Crippen molar-refractivity contribution in [3.8, 4) is 11.5 Å². The van der Waals surface area contributed by atoms with Crippen molar-refractivity contribution in [3.05, 3.63) is 24.3 Å². The van der Waals surface area contributed by atoms with E-state index in [0.29, 0.717) is 18.1 Å². The van der Waals surface area contributed by atoms with Gasteiger partial charge in [-0.25, -0.2) is 0 Å². The minimum Gasteiger partial charge on any atom is -0.466 e. The molecule has 0 saturated carbocycles. The van der Waals surface area contributed by atoms with Gasteiger partial charge in [0, 0.05) is 0 Å². The monoisotopic (exact) mass is 222 g/mol. The normalized spacial score (nSPS) is 15.9. The van der Waals surface area contributed by atoms with E-state index >= 15 is 0 Å². The van der Waals surface area contributed by atoms with Crippen molar-refractivity contribution in [2.45, 2.75) is 20.1 Å². The third kappa shape index (κ3) is 1.96. The van der Waals surface area contributed by atoms with E-state index in [-0.39, 0.29) is 5.97 Å². The second-order valence-corrected chi connectivity index (χ2v) is 3.59. The van der Waals surface area contributed by atoms with E-state index in [0.717, 1.165) is 0 Å². The van der Waals surface area contributed by atoms with E-state index < -0.39 is 12.2 Å². The molecule has 1 aliphatic heterocycles. The van der Waals surface area contributed by atoms with Gasteiger partial charge in [-0.3, -0.25) is 4.79 Å². The van der Waals surface area contributed by atoms with E-state index in [2.05, 4.69) is 0 Å². The Morgan fingerprint density at radius 3 is 2.44 bits per heavy atom. The maximum atomic E-state index is 11.5. The van der Waals surface area contributed by atoms with Crippen LogP contribution in [-0.4, -0.2) is 18.9 Å². The number of fused-ring (bicyclic) bond motifs is 1. The fourth-order valence-electron chi connectivity index (χ4n) is 1.51. The third-order valence-corrected chi connectivity index (χ3v) is 2.40. The van der Waals surface area contributed by atoms with Crippen LogP contribution >= 0.6 is 0 Å². The minimum atomic E-state index is -0.587. The highest BCUT2D eigenvalue weighted by atomic mass is 16.7. The highest BCUT2D eigenvalue weighted by Gasteiger charge is 2.34. The number of ether oxygens (including phenoxy) is 3. The molecule has 2 rings (SSSR count). The number of para-hydroxylation sites is 2. The summed E-state index contributed by atoms with van der Waals surface area (Å²) in [5, 5.41) is 0. The van der Waals surface area contributed by atoms with Crippen LogP contribution in [0.5, 0.6) is 11.5 Å². The summed E-state index contributed by atoms with van der Waals surface area (Å²) in [5.41, 5.74) is 0. The first-order valence-electron chi connectivity index (χ1n) is 5.31. The maximum Gasteiger partial charge on any atom is 0.316 e. The van der Waals surface area contributed by atoms with Crippen molar-refractivity contribution in [3.63, 3.8) is 0 Å². The number of hydrogen-bond acceptors (Lipinski definition) is 4. The molecule has 1 aliphatic rings. The average Bonchev–Trinajstić information content (AvgIpc) is 2.71. The average molecular weight is 222 g/mol. The summed E-state index contributed by atoms with van der Waals surface area (Å²) >= 11 is 0. The van der Waals surface area contributed by atoms with Gasteiger partial charge < -0.3 is 14.2 Å². The van der Waals surface area contributed by atoms with Crippen LogP contribution in [0.4, 0.5) is 0 Å². The predicted molar refractivity (Wildman–Crippen MR) is 57.3 cm³/mol. The number of carbonyl (C=O) groups is 1. The van der Waals surface area contributed by atoms with Gasteiger partial charge >= 0.3 is 5.97 Å². The van der Waals surface area contributed by atoms with Gasteiger partial charge in [0.05, 0.1) is 6.61 Å². The summed E-state index contributed by atoms with van der Waals surface area (Å²) in [5.74, 6) is 0.597. The smallest absolute Gasteiger partial charge is 0.316 e. The summed E-state index contributed by atoms with van der Waals surface area (Å²) in [6.07, 6.45) is -0.587. The number of hydrogen-bond donors (Lipinski definition) is 0. The molecule has 0 spiro atoms. The molecule has 0 aliphatic carbocycles. The Labute approximate surface area is 94.1 Å². The lowest BCUT2D eigenvalue weighted by Crippen LogP contribution is -2.33. The number of esters is 1. The summed E-state index contributed by atoms with van der Waals surface area (Å²) in [6, 6.07) is 7.35. The van der Waals surface area contributed by atoms with Gasteiger partial charge in [0.1, 0.15) is 5.92 Å². The second-order valence-electron chi connectivity index (χ2n) is 3.59. The molecule has 1 unspecified atom stereocenters. The Hall–Kier alpha value is -1.71. The number of rotatable bonds is 3. The SMILES string of the molecule is CCOC(=O)C(C)C1Oc2ccccc2O1. The van der Waals surface area contributed by atoms with Crippen LogP contribution in [0.25, 0.3) is 0 Å². The van der Waals surface area contributed by atoms with Crippen molar-refractivity contribution in [1.29, 1.82) is 0 Å². The largest absolute Gasteiger partial charge is 0.466 e. The molecule has 1 atom stereocenters. The number of carbonyl (C=O) groups excluding carboxylic acids is 1. The molecule has 0 amide bonds. The van der Waals surface area contributed by atoms with E-state index in [1.165, 1.54) is 0 Å². The highest BCUT2D eigenvalue weighted by Crippen LogP contribution is 2.36. The molecule has 0 bridgehead atoms. The highest BCUT2D eigenvalue weighted by molar-refractivity contribution is 5.72. The van der Waals surface area contributed by atoms with Crippen molar-refractivity contribution < 1.29 is 19.0 Å². The molecule has 4 heteroatoms. The zero-order valence-corrected chi connectivity index (χ0v) is 9.30. The topological polar surface area (TPSA) is 44.8 Å². The lowest BCUT2D eigenvalue weighted by molar-refractivity contribution is -0.155. The summed E-state index contributed by atoms with van der Waals surface area (Å²) in [6.45, 7) is 3.87. The first kappa shape index (κ1) is 10.8. The molecule has 16 heavy (non-hydrogen) atoms. The van der Waals surface area contributed by atoms with Crippen LogP contribution in [-0.2, 0) is 9.53 Å². The molecule has 0 saturated heterocycles. The lowest BCUT2D eigenvalue weighted by atomic mass is 10.2. The predicted octanol–water partition coefficient (Wildman–Crippen LogP) is 1.98. The van der Waals surface area contributed by atoms with E-state index in [1.54, 1.807) is 13.8 Å². The first-order valence-corrected chi connectivity index (χ1v) is 5.31. The van der Waals surface area contributed by atoms with Gasteiger partial charge in [-0.2, -0.15) is 0 Å². The molecular weight excluding hydrogens is 208 g/mol. The van der Waals surface area contributed by atoms with Gasteiger partial charge in [0.2, 0.25) is 0 Å². The van der Waals surface area contributed by atoms with Crippen LogP contribution < -0.4 is 9.47 Å². The summed E-state index contributed by atoms with van der Waals surface area (Å²) in [7, 11) is 0. The fraction of sp³-hybridized carbons (Fsp3) is 0.417. The molecule has 1 aromatic rings. The van der Waals surface area contributed by atoms with Crippen molar-refractivity contribution in [2.75, 3.05) is 6.61 Å². The fourth-order valence-corrected chi connectivity index (χ4v) is 1.51. The molecule has 86 valence electrons. The summed E-state index contributed by atoms with van der Waals surface area (Å²) < 4.78 is 15.9. The van der Waals surface area contributed by atoms with Crippen LogP contribution in [0.15, 0.2) is 24.3 Å². The maximum absolute atomic E-state index is 11.5. The van der Waals surface area contributed by atoms with Gasteiger partial charge in [0.25, 0.3) is 6.29 Å². The third-order valence-electron chi connectivity index (χ3n) is 2.40. The molecular formula is C12H14O4. The first-order chi connectivity index (χ1) is 7.72. The molecule has 1 aromatic carbocycles. The van der Waals surface area contributed by atoms with Crippen LogP contribution in [0.2, 0.25) is 0 Å².